The van der Waals surface area contributed by atoms with E-state index in [2.05, 4.69) is 22.0 Å². The molecule has 6 heteroatoms. The Morgan fingerprint density at radius 2 is 2.35 bits per heavy atom. The van der Waals surface area contributed by atoms with Crippen LogP contribution in [0.15, 0.2) is 18.2 Å². The number of fused-ring (bicyclic) bond motifs is 1. The van der Waals surface area contributed by atoms with Crippen molar-refractivity contribution >= 4 is 16.6 Å². The number of nitrogens with zero attached hydrogens (tertiary/aromatic N) is 2. The summed E-state index contributed by atoms with van der Waals surface area (Å²) in [5, 5.41) is 18.1. The van der Waals surface area contributed by atoms with Crippen molar-refractivity contribution in [3.05, 3.63) is 34.0 Å². The molecular weight excluding hydrogens is 220 g/mol. The highest BCUT2D eigenvalue weighted by molar-refractivity contribution is 5.90. The Morgan fingerprint density at radius 3 is 3.06 bits per heavy atom. The van der Waals surface area contributed by atoms with Gasteiger partial charge in [-0.2, -0.15) is 5.10 Å². The quantitative estimate of drug-likeness (QED) is 0.459. The van der Waals surface area contributed by atoms with Crippen LogP contribution in [-0.4, -0.2) is 21.7 Å². The summed E-state index contributed by atoms with van der Waals surface area (Å²) in [6.45, 7) is 0.485. The van der Waals surface area contributed by atoms with Gasteiger partial charge in [-0.15, -0.1) is 0 Å². The van der Waals surface area contributed by atoms with Crippen LogP contribution in [0.4, 0.5) is 5.69 Å². The smallest absolute Gasteiger partial charge is 0.297 e. The third-order valence-electron chi connectivity index (χ3n) is 2.24. The van der Waals surface area contributed by atoms with Gasteiger partial charge < -0.3 is 5.73 Å². The molecule has 0 aliphatic heterocycles. The molecule has 0 aliphatic carbocycles. The van der Waals surface area contributed by atoms with E-state index in [0.717, 1.165) is 0 Å². The molecule has 2 rings (SSSR count). The Bertz CT molecular complexity index is 621. The molecule has 3 N–H and O–H groups in total. The molecule has 0 amide bonds. The van der Waals surface area contributed by atoms with Gasteiger partial charge in [0.05, 0.1) is 4.92 Å². The van der Waals surface area contributed by atoms with Crippen LogP contribution in [0.3, 0.4) is 0 Å². The largest absolute Gasteiger partial charge is 0.330 e. The molecule has 17 heavy (non-hydrogen) atoms. The SMILES string of the molecule is NCCC#Cc1[nH]nc2c([N+](=O)[O-])cccc12. The van der Waals surface area contributed by atoms with Crippen LogP contribution in [0.2, 0.25) is 0 Å². The van der Waals surface area contributed by atoms with Gasteiger partial charge in [0.25, 0.3) is 5.69 Å². The maximum atomic E-state index is 10.8. The summed E-state index contributed by atoms with van der Waals surface area (Å²) < 4.78 is 0. The molecule has 1 aromatic heterocycles. The monoisotopic (exact) mass is 230 g/mol. The Balaban J connectivity index is 2.52. The highest BCUT2D eigenvalue weighted by Gasteiger charge is 2.15. The van der Waals surface area contributed by atoms with Crippen LogP contribution in [0.25, 0.3) is 10.9 Å². The number of hydrogen-bond acceptors (Lipinski definition) is 4. The third kappa shape index (κ3) is 2.09. The second-order valence-corrected chi connectivity index (χ2v) is 3.37. The number of para-hydroxylation sites is 1. The molecule has 0 fully saturated rings. The summed E-state index contributed by atoms with van der Waals surface area (Å²) in [5.74, 6) is 5.73. The van der Waals surface area contributed by atoms with Crippen molar-refractivity contribution in [3.8, 4) is 11.8 Å². The number of aromatic nitrogens is 2. The van der Waals surface area contributed by atoms with E-state index >= 15 is 0 Å². The Labute approximate surface area is 97.0 Å². The molecule has 0 radical (unpaired) electrons. The topological polar surface area (TPSA) is 97.8 Å². The van der Waals surface area contributed by atoms with Gasteiger partial charge >= 0.3 is 0 Å². The van der Waals surface area contributed by atoms with Gasteiger partial charge in [-0.1, -0.05) is 12.0 Å². The molecule has 1 heterocycles. The number of nitrogens with two attached hydrogens (primary N) is 1. The van der Waals surface area contributed by atoms with Gasteiger partial charge in [0, 0.05) is 24.4 Å². The minimum Gasteiger partial charge on any atom is -0.330 e. The molecule has 0 saturated heterocycles. The first-order valence-corrected chi connectivity index (χ1v) is 5.04. The zero-order valence-electron chi connectivity index (χ0n) is 8.93. The lowest BCUT2D eigenvalue weighted by Gasteiger charge is -1.91. The van der Waals surface area contributed by atoms with E-state index in [9.17, 15) is 10.1 Å². The normalized spacial score (nSPS) is 9.94. The molecule has 0 bridgehead atoms. The lowest BCUT2D eigenvalue weighted by atomic mass is 10.2. The van der Waals surface area contributed by atoms with Crippen molar-refractivity contribution < 1.29 is 4.92 Å². The van der Waals surface area contributed by atoms with Crippen LogP contribution in [-0.2, 0) is 0 Å². The van der Waals surface area contributed by atoms with Crippen LogP contribution in [0, 0.1) is 22.0 Å². The summed E-state index contributed by atoms with van der Waals surface area (Å²) in [5.41, 5.74) is 6.21. The van der Waals surface area contributed by atoms with Crippen LogP contribution < -0.4 is 5.73 Å². The van der Waals surface area contributed by atoms with E-state index < -0.39 is 4.92 Å². The summed E-state index contributed by atoms with van der Waals surface area (Å²) >= 11 is 0. The predicted molar refractivity (Wildman–Crippen MR) is 63.3 cm³/mol. The van der Waals surface area contributed by atoms with Crippen molar-refractivity contribution in [1.29, 1.82) is 0 Å². The molecule has 86 valence electrons. The van der Waals surface area contributed by atoms with E-state index in [-0.39, 0.29) is 5.69 Å². The number of nitrogens with one attached hydrogen (secondary N) is 1. The van der Waals surface area contributed by atoms with Gasteiger partial charge in [0.2, 0.25) is 0 Å². The van der Waals surface area contributed by atoms with Gasteiger partial charge in [0.15, 0.2) is 5.52 Å². The molecule has 1 aromatic carbocycles. The third-order valence-corrected chi connectivity index (χ3v) is 2.24. The zero-order valence-corrected chi connectivity index (χ0v) is 8.93. The molecule has 0 unspecified atom stereocenters. The average Bonchev–Trinajstić information content (AvgIpc) is 2.72. The first kappa shape index (κ1) is 11.1. The first-order valence-electron chi connectivity index (χ1n) is 5.04. The second kappa shape index (κ2) is 4.63. The number of rotatable bonds is 2. The Morgan fingerprint density at radius 1 is 1.53 bits per heavy atom. The van der Waals surface area contributed by atoms with Gasteiger partial charge in [-0.3, -0.25) is 15.2 Å². The molecule has 0 atom stereocenters. The predicted octanol–water partition coefficient (Wildman–Crippen LogP) is 1.17. The summed E-state index contributed by atoms with van der Waals surface area (Å²) in [7, 11) is 0. The first-order chi connectivity index (χ1) is 8.24. The number of aromatic amines is 1. The number of H-pyrrole nitrogens is 1. The van der Waals surface area contributed by atoms with Crippen molar-refractivity contribution in [2.45, 2.75) is 6.42 Å². The molecule has 2 aromatic rings. The number of non-ortho nitro benzene ring substituents is 1. The standard InChI is InChI=1S/C11H10N4O2/c12-7-2-1-5-9-8-4-3-6-10(15(16)17)11(8)14-13-9/h3-4,6H,2,7,12H2,(H,13,14). The fraction of sp³-hybridized carbons (Fsp3) is 0.182. The molecule has 0 aliphatic rings. The molecular formula is C11H10N4O2. The molecule has 0 spiro atoms. The fourth-order valence-corrected chi connectivity index (χ4v) is 1.49. The van der Waals surface area contributed by atoms with Crippen LogP contribution in [0.1, 0.15) is 12.1 Å². The Kier molecular flexibility index (Phi) is 3.03. The molecule has 6 nitrogen and oxygen atoms in total. The van der Waals surface area contributed by atoms with E-state index in [1.807, 2.05) is 0 Å². The Hall–Kier alpha value is -2.39. The lowest BCUT2D eigenvalue weighted by Crippen LogP contribution is -1.95. The number of nitro benzene ring substituents is 1. The average molecular weight is 230 g/mol. The van der Waals surface area contributed by atoms with E-state index in [1.165, 1.54) is 6.07 Å². The van der Waals surface area contributed by atoms with Gasteiger partial charge in [-0.25, -0.2) is 0 Å². The van der Waals surface area contributed by atoms with Crippen LogP contribution >= 0.6 is 0 Å². The van der Waals surface area contributed by atoms with E-state index in [0.29, 0.717) is 29.6 Å². The number of nitro groups is 1. The number of benzene rings is 1. The number of hydrogen-bond donors (Lipinski definition) is 2. The zero-order chi connectivity index (χ0) is 12.3. The second-order valence-electron chi connectivity index (χ2n) is 3.37. The summed E-state index contributed by atoms with van der Waals surface area (Å²) in [4.78, 5) is 10.3. The van der Waals surface area contributed by atoms with Crippen molar-refractivity contribution in [1.82, 2.24) is 10.2 Å². The fourth-order valence-electron chi connectivity index (χ4n) is 1.49. The minimum atomic E-state index is -0.458. The van der Waals surface area contributed by atoms with Crippen molar-refractivity contribution in [2.75, 3.05) is 6.54 Å². The highest BCUT2D eigenvalue weighted by atomic mass is 16.6. The maximum Gasteiger partial charge on any atom is 0.297 e. The lowest BCUT2D eigenvalue weighted by molar-refractivity contribution is -0.383. The van der Waals surface area contributed by atoms with Gasteiger partial charge in [0.1, 0.15) is 5.69 Å². The minimum absolute atomic E-state index is 0.0226. The van der Waals surface area contributed by atoms with Crippen molar-refractivity contribution in [2.24, 2.45) is 5.73 Å². The summed E-state index contributed by atoms with van der Waals surface area (Å²) in [6.07, 6.45) is 0.579. The highest BCUT2D eigenvalue weighted by Crippen LogP contribution is 2.24. The maximum absolute atomic E-state index is 10.8. The van der Waals surface area contributed by atoms with Crippen LogP contribution in [0.5, 0.6) is 0 Å². The van der Waals surface area contributed by atoms with E-state index in [4.69, 9.17) is 5.73 Å². The van der Waals surface area contributed by atoms with Gasteiger partial charge in [-0.05, 0) is 12.0 Å². The molecule has 0 saturated carbocycles. The van der Waals surface area contributed by atoms with E-state index in [1.54, 1.807) is 12.1 Å². The van der Waals surface area contributed by atoms with Crippen molar-refractivity contribution in [3.63, 3.8) is 0 Å². The summed E-state index contributed by atoms with van der Waals surface area (Å²) in [6, 6.07) is 4.78.